The number of nitrogens with zero attached hydrogens (tertiary/aromatic N) is 3. The highest BCUT2D eigenvalue weighted by Crippen LogP contribution is 2.44. The van der Waals surface area contributed by atoms with Crippen molar-refractivity contribution in [3.63, 3.8) is 0 Å². The zero-order valence-electron chi connectivity index (χ0n) is 19.8. The number of aromatic nitrogens is 2. The lowest BCUT2D eigenvalue weighted by Crippen LogP contribution is -2.25. The molecule has 0 saturated heterocycles. The largest absolute Gasteiger partial charge is 0.489 e. The predicted octanol–water partition coefficient (Wildman–Crippen LogP) is 5.17. The van der Waals surface area contributed by atoms with E-state index in [1.807, 2.05) is 32.0 Å². The number of rotatable bonds is 9. The topological polar surface area (TPSA) is 101 Å². The molecule has 180 valence electrons. The molecule has 1 aliphatic heterocycles. The molecule has 0 radical (unpaired) electrons. The van der Waals surface area contributed by atoms with E-state index in [0.29, 0.717) is 42.2 Å². The third kappa shape index (κ3) is 5.18. The van der Waals surface area contributed by atoms with Crippen molar-refractivity contribution < 1.29 is 19.2 Å². The van der Waals surface area contributed by atoms with E-state index in [9.17, 15) is 4.79 Å². The first-order valence-electron chi connectivity index (χ1n) is 11.3. The van der Waals surface area contributed by atoms with Gasteiger partial charge in [0.2, 0.25) is 0 Å². The number of halogens is 1. The van der Waals surface area contributed by atoms with E-state index in [4.69, 9.17) is 26.0 Å². The van der Waals surface area contributed by atoms with Crippen molar-refractivity contribution in [3.8, 4) is 17.2 Å². The molecule has 2 aromatic carbocycles. The summed E-state index contributed by atoms with van der Waals surface area (Å²) in [4.78, 5) is 17.4. The van der Waals surface area contributed by atoms with Gasteiger partial charge < -0.3 is 24.6 Å². The Bertz CT molecular complexity index is 1190. The van der Waals surface area contributed by atoms with E-state index in [1.165, 1.54) is 5.56 Å². The standard InChI is InChI=1S/C25H29ClN4O4/c1-15(2)33-21-8-6-17(12-19(21)26)23-28-24(29-34-23)30-14-25(3,4)18-11-16(5-7-20(18)30)13-27-10-9-22(31)32/h5-8,11-12,15,27H,9-10,13-14H2,1-4H3,(H,31,32). The molecule has 0 unspecified atom stereocenters. The van der Waals surface area contributed by atoms with Gasteiger partial charge in [0.05, 0.1) is 17.5 Å². The fourth-order valence-electron chi connectivity index (χ4n) is 4.07. The first-order chi connectivity index (χ1) is 16.1. The summed E-state index contributed by atoms with van der Waals surface area (Å²) in [6.07, 6.45) is 0.126. The summed E-state index contributed by atoms with van der Waals surface area (Å²) in [5.41, 5.74) is 3.93. The molecule has 0 atom stereocenters. The number of nitrogens with one attached hydrogen (secondary N) is 1. The Balaban J connectivity index is 1.53. The molecule has 2 N–H and O–H groups in total. The lowest BCUT2D eigenvalue weighted by molar-refractivity contribution is -0.136. The molecule has 0 aliphatic carbocycles. The summed E-state index contributed by atoms with van der Waals surface area (Å²) in [5.74, 6) is 0.690. The molecule has 1 aromatic heterocycles. The molecule has 0 amide bonds. The lowest BCUT2D eigenvalue weighted by atomic mass is 9.86. The van der Waals surface area contributed by atoms with Crippen LogP contribution in [0.15, 0.2) is 40.9 Å². The third-order valence-corrected chi connectivity index (χ3v) is 5.97. The fourth-order valence-corrected chi connectivity index (χ4v) is 4.29. The highest BCUT2D eigenvalue weighted by Gasteiger charge is 2.37. The van der Waals surface area contributed by atoms with Gasteiger partial charge in [-0.2, -0.15) is 4.98 Å². The Morgan fingerprint density at radius 2 is 2.09 bits per heavy atom. The van der Waals surface area contributed by atoms with Crippen molar-refractivity contribution in [1.82, 2.24) is 15.5 Å². The maximum Gasteiger partial charge on any atom is 0.304 e. The van der Waals surface area contributed by atoms with E-state index >= 15 is 0 Å². The molecule has 8 nitrogen and oxygen atoms in total. The van der Waals surface area contributed by atoms with Crippen molar-refractivity contribution in [1.29, 1.82) is 0 Å². The van der Waals surface area contributed by atoms with Crippen molar-refractivity contribution in [3.05, 3.63) is 52.5 Å². The number of carboxylic acid groups (broad SMARTS) is 1. The smallest absolute Gasteiger partial charge is 0.304 e. The summed E-state index contributed by atoms with van der Waals surface area (Å²) in [6.45, 7) is 10.0. The average molecular weight is 485 g/mol. The van der Waals surface area contributed by atoms with Gasteiger partial charge in [-0.25, -0.2) is 0 Å². The second kappa shape index (κ2) is 9.64. The van der Waals surface area contributed by atoms with Gasteiger partial charge in [-0.1, -0.05) is 37.6 Å². The van der Waals surface area contributed by atoms with Crippen molar-refractivity contribution in [2.75, 3.05) is 18.0 Å². The van der Waals surface area contributed by atoms with Crippen molar-refractivity contribution in [2.45, 2.75) is 52.2 Å². The Morgan fingerprint density at radius 3 is 2.79 bits per heavy atom. The number of ether oxygens (including phenoxy) is 1. The van der Waals surface area contributed by atoms with Crippen LogP contribution in [0.3, 0.4) is 0 Å². The molecule has 0 bridgehead atoms. The molecule has 2 heterocycles. The third-order valence-electron chi connectivity index (χ3n) is 5.68. The Labute approximate surface area is 203 Å². The van der Waals surface area contributed by atoms with Gasteiger partial charge in [-0.05, 0) is 54.4 Å². The molecule has 0 saturated carbocycles. The molecule has 34 heavy (non-hydrogen) atoms. The van der Waals surface area contributed by atoms with Gasteiger partial charge in [0.1, 0.15) is 5.75 Å². The highest BCUT2D eigenvalue weighted by molar-refractivity contribution is 6.32. The van der Waals surface area contributed by atoms with Crippen LogP contribution in [0.1, 0.15) is 45.2 Å². The van der Waals surface area contributed by atoms with Gasteiger partial charge in [0.15, 0.2) is 0 Å². The zero-order chi connectivity index (χ0) is 24.5. The SMILES string of the molecule is CC(C)Oc1ccc(-c2nc(N3CC(C)(C)c4cc(CNCCC(=O)O)ccc43)no2)cc1Cl. The van der Waals surface area contributed by atoms with Crippen LogP contribution in [-0.4, -0.2) is 40.4 Å². The number of fused-ring (bicyclic) bond motifs is 1. The summed E-state index contributed by atoms with van der Waals surface area (Å²) in [6, 6.07) is 11.7. The van der Waals surface area contributed by atoms with Gasteiger partial charge in [-0.3, -0.25) is 4.79 Å². The minimum absolute atomic E-state index is 0.0259. The molecule has 0 spiro atoms. The number of aliphatic carboxylic acids is 1. The van der Waals surface area contributed by atoms with Crippen LogP contribution in [0.4, 0.5) is 11.6 Å². The van der Waals surface area contributed by atoms with E-state index in [1.54, 1.807) is 6.07 Å². The Kier molecular flexibility index (Phi) is 6.81. The van der Waals surface area contributed by atoms with Gasteiger partial charge in [-0.15, -0.1) is 0 Å². The molecule has 0 fully saturated rings. The fraction of sp³-hybridized carbons (Fsp3) is 0.400. The van der Waals surface area contributed by atoms with Crippen LogP contribution >= 0.6 is 11.6 Å². The van der Waals surface area contributed by atoms with Crippen LogP contribution in [0.2, 0.25) is 5.02 Å². The Hall–Kier alpha value is -3.10. The van der Waals surface area contributed by atoms with Gasteiger partial charge >= 0.3 is 5.97 Å². The van der Waals surface area contributed by atoms with Gasteiger partial charge in [0, 0.05) is 36.3 Å². The molecular weight excluding hydrogens is 456 g/mol. The van der Waals surface area contributed by atoms with Crippen molar-refractivity contribution >= 4 is 29.2 Å². The molecule has 3 aromatic rings. The van der Waals surface area contributed by atoms with Crippen LogP contribution in [0.25, 0.3) is 11.5 Å². The minimum Gasteiger partial charge on any atom is -0.489 e. The van der Waals surface area contributed by atoms with E-state index in [0.717, 1.165) is 16.8 Å². The number of benzene rings is 2. The van der Waals surface area contributed by atoms with E-state index < -0.39 is 5.97 Å². The summed E-state index contributed by atoms with van der Waals surface area (Å²) in [7, 11) is 0. The van der Waals surface area contributed by atoms with Gasteiger partial charge in [0.25, 0.3) is 11.8 Å². The first-order valence-corrected chi connectivity index (χ1v) is 11.7. The van der Waals surface area contributed by atoms with Crippen LogP contribution in [-0.2, 0) is 16.8 Å². The van der Waals surface area contributed by atoms with E-state index in [-0.39, 0.29) is 17.9 Å². The number of hydrogen-bond donors (Lipinski definition) is 2. The maximum atomic E-state index is 10.7. The summed E-state index contributed by atoms with van der Waals surface area (Å²) in [5, 5.41) is 16.7. The first kappa shape index (κ1) is 24.0. The zero-order valence-corrected chi connectivity index (χ0v) is 20.5. The molecule has 9 heteroatoms. The molecule has 1 aliphatic rings. The summed E-state index contributed by atoms with van der Waals surface area (Å²) < 4.78 is 11.3. The number of anilines is 2. The lowest BCUT2D eigenvalue weighted by Gasteiger charge is -2.19. The second-order valence-corrected chi connectivity index (χ2v) is 9.76. The quantitative estimate of drug-likeness (QED) is 0.401. The number of carboxylic acids is 1. The Morgan fingerprint density at radius 1 is 1.29 bits per heavy atom. The minimum atomic E-state index is -0.806. The summed E-state index contributed by atoms with van der Waals surface area (Å²) >= 11 is 6.38. The van der Waals surface area contributed by atoms with E-state index in [2.05, 4.69) is 46.3 Å². The second-order valence-electron chi connectivity index (χ2n) is 9.35. The number of hydrogen-bond acceptors (Lipinski definition) is 7. The van der Waals surface area contributed by atoms with Crippen LogP contribution in [0, 0.1) is 0 Å². The molecular formula is C25H29ClN4O4. The average Bonchev–Trinajstić information content (AvgIpc) is 3.35. The molecule has 4 rings (SSSR count). The van der Waals surface area contributed by atoms with Crippen molar-refractivity contribution in [2.24, 2.45) is 0 Å². The van der Waals surface area contributed by atoms with Crippen LogP contribution < -0.4 is 15.0 Å². The normalized spacial score (nSPS) is 14.5. The maximum absolute atomic E-state index is 10.7. The van der Waals surface area contributed by atoms with Crippen LogP contribution in [0.5, 0.6) is 5.75 Å². The highest BCUT2D eigenvalue weighted by atomic mass is 35.5. The number of carbonyl (C=O) groups is 1. The predicted molar refractivity (Wildman–Crippen MR) is 131 cm³/mol. The monoisotopic (exact) mass is 484 g/mol.